The molecule has 3 atom stereocenters. The molecule has 0 spiro atoms. The molecule has 9 heteroatoms. The molecule has 1 aliphatic heterocycles. The summed E-state index contributed by atoms with van der Waals surface area (Å²) < 4.78 is 13.6. The largest absolute Gasteiger partial charge is 0.465 e. The van der Waals surface area contributed by atoms with E-state index >= 15 is 0 Å². The van der Waals surface area contributed by atoms with Gasteiger partial charge in [-0.3, -0.25) is 0 Å². The van der Waals surface area contributed by atoms with Gasteiger partial charge in [0.1, 0.15) is 5.82 Å². The third kappa shape index (κ3) is 4.87. The summed E-state index contributed by atoms with van der Waals surface area (Å²) in [6.07, 6.45) is 8.14. The van der Waals surface area contributed by atoms with E-state index in [2.05, 4.69) is 10.3 Å². The van der Waals surface area contributed by atoms with Crippen LogP contribution in [-0.4, -0.2) is 49.7 Å². The number of amides is 1. The lowest BCUT2D eigenvalue weighted by Gasteiger charge is -2.28. The summed E-state index contributed by atoms with van der Waals surface area (Å²) in [5.74, 6) is 1.35. The highest BCUT2D eigenvalue weighted by Gasteiger charge is 2.41. The van der Waals surface area contributed by atoms with Crippen LogP contribution in [0.1, 0.15) is 43.5 Å². The molecule has 1 saturated heterocycles. The number of carbonyl (C=O) groups is 1. The number of carboxylic acid groups (broad SMARTS) is 1. The van der Waals surface area contributed by atoms with Gasteiger partial charge in [0.2, 0.25) is 5.95 Å². The Bertz CT molecular complexity index is 1230. The average molecular weight is 494 g/mol. The van der Waals surface area contributed by atoms with E-state index in [1.54, 1.807) is 34.6 Å². The first-order valence-corrected chi connectivity index (χ1v) is 13.2. The minimum atomic E-state index is -0.785. The first kappa shape index (κ1) is 22.4. The number of benzene rings is 1. The van der Waals surface area contributed by atoms with Crippen molar-refractivity contribution in [2.75, 3.05) is 11.9 Å². The molecule has 3 heterocycles. The number of fused-ring (bicyclic) bond motifs is 2. The topological polar surface area (TPSA) is 91.2 Å². The molecule has 3 unspecified atom stereocenters. The van der Waals surface area contributed by atoms with Crippen molar-refractivity contribution in [3.63, 3.8) is 0 Å². The van der Waals surface area contributed by atoms with Gasteiger partial charge in [0, 0.05) is 30.4 Å². The maximum Gasteiger partial charge on any atom is 0.407 e. The zero-order valence-electron chi connectivity index (χ0n) is 19.4. The first-order valence-electron chi connectivity index (χ1n) is 12.4. The third-order valence-electron chi connectivity index (χ3n) is 7.37. The molecule has 1 aromatic carbocycles. The van der Waals surface area contributed by atoms with Gasteiger partial charge in [-0.25, -0.2) is 24.1 Å². The number of anilines is 1. The molecular weight excluding hydrogens is 465 g/mol. The van der Waals surface area contributed by atoms with Gasteiger partial charge in [-0.2, -0.15) is 0 Å². The Labute approximate surface area is 207 Å². The van der Waals surface area contributed by atoms with Crippen molar-refractivity contribution in [1.29, 1.82) is 0 Å². The number of halogens is 1. The van der Waals surface area contributed by atoms with Crippen LogP contribution in [0.15, 0.2) is 36.5 Å². The minimum absolute atomic E-state index is 0.163. The van der Waals surface area contributed by atoms with Gasteiger partial charge < -0.3 is 15.3 Å². The second-order valence-electron chi connectivity index (χ2n) is 10.0. The van der Waals surface area contributed by atoms with Gasteiger partial charge in [0.25, 0.3) is 0 Å². The molecule has 3 aliphatic rings. The quantitative estimate of drug-likeness (QED) is 0.439. The summed E-state index contributed by atoms with van der Waals surface area (Å²) in [6.45, 7) is 0.678. The number of nitrogens with one attached hydrogen (secondary N) is 1. The Morgan fingerprint density at radius 3 is 2.74 bits per heavy atom. The summed E-state index contributed by atoms with van der Waals surface area (Å²) >= 11 is 1.64. The van der Waals surface area contributed by atoms with Gasteiger partial charge in [0.15, 0.2) is 0 Å². The molecule has 2 saturated carbocycles. The van der Waals surface area contributed by atoms with E-state index in [1.807, 2.05) is 6.07 Å². The van der Waals surface area contributed by atoms with Crippen molar-refractivity contribution in [1.82, 2.24) is 19.9 Å². The monoisotopic (exact) mass is 493 g/mol. The standard InChI is InChI=1S/C26H28FN5O2S/c27-18-4-2-17(3-5-18)23-24(21-9-10-28-25(30-21)29-19-6-7-19)35-22(31-23)8-1-15-11-16-13-20(12-15)32(14-16)26(33)34/h2-5,9-10,15-16,19-20H,1,6-8,11-14H2,(H,33,34)(H,28,29,30). The summed E-state index contributed by atoms with van der Waals surface area (Å²) in [6, 6.07) is 8.98. The summed E-state index contributed by atoms with van der Waals surface area (Å²) in [5, 5.41) is 13.9. The molecule has 2 N–H and O–H groups in total. The maximum atomic E-state index is 13.6. The van der Waals surface area contributed by atoms with E-state index in [9.17, 15) is 14.3 Å². The predicted octanol–water partition coefficient (Wildman–Crippen LogP) is 5.69. The van der Waals surface area contributed by atoms with E-state index in [0.717, 1.165) is 71.8 Å². The molecule has 35 heavy (non-hydrogen) atoms. The maximum absolute atomic E-state index is 13.6. The third-order valence-corrected chi connectivity index (χ3v) is 8.51. The lowest BCUT2D eigenvalue weighted by Crippen LogP contribution is -2.34. The zero-order chi connectivity index (χ0) is 23.9. The van der Waals surface area contributed by atoms with E-state index in [0.29, 0.717) is 30.4 Å². The van der Waals surface area contributed by atoms with Gasteiger partial charge in [-0.1, -0.05) is 0 Å². The van der Waals surface area contributed by atoms with Gasteiger partial charge in [-0.05, 0) is 87.1 Å². The molecule has 2 bridgehead atoms. The van der Waals surface area contributed by atoms with Gasteiger partial charge >= 0.3 is 6.09 Å². The Hall–Kier alpha value is -3.07. The van der Waals surface area contributed by atoms with E-state index in [1.165, 1.54) is 12.1 Å². The molecule has 6 rings (SSSR count). The molecule has 1 amide bonds. The number of aryl methyl sites for hydroxylation is 1. The lowest BCUT2D eigenvalue weighted by molar-refractivity contribution is 0.135. The van der Waals surface area contributed by atoms with E-state index in [-0.39, 0.29) is 11.9 Å². The van der Waals surface area contributed by atoms with Crippen LogP contribution in [0.4, 0.5) is 15.1 Å². The lowest BCUT2D eigenvalue weighted by atomic mass is 9.80. The van der Waals surface area contributed by atoms with Gasteiger partial charge in [-0.15, -0.1) is 11.3 Å². The number of hydrogen-bond acceptors (Lipinski definition) is 6. The summed E-state index contributed by atoms with van der Waals surface area (Å²) in [5.41, 5.74) is 2.51. The smallest absolute Gasteiger partial charge is 0.407 e. The Morgan fingerprint density at radius 2 is 1.97 bits per heavy atom. The fourth-order valence-electron chi connectivity index (χ4n) is 5.57. The summed E-state index contributed by atoms with van der Waals surface area (Å²) in [7, 11) is 0. The van der Waals surface area contributed by atoms with Crippen molar-refractivity contribution in [2.24, 2.45) is 11.8 Å². The van der Waals surface area contributed by atoms with Crippen molar-refractivity contribution >= 4 is 23.4 Å². The minimum Gasteiger partial charge on any atom is -0.465 e. The highest BCUT2D eigenvalue weighted by atomic mass is 32.1. The van der Waals surface area contributed by atoms with Crippen LogP contribution in [0, 0.1) is 17.7 Å². The molecule has 2 aromatic heterocycles. The Balaban J connectivity index is 1.24. The van der Waals surface area contributed by atoms with E-state index in [4.69, 9.17) is 9.97 Å². The van der Waals surface area contributed by atoms with Crippen LogP contribution in [-0.2, 0) is 6.42 Å². The van der Waals surface area contributed by atoms with Gasteiger partial charge in [0.05, 0.1) is 21.3 Å². The zero-order valence-corrected chi connectivity index (χ0v) is 20.2. The van der Waals surface area contributed by atoms with Crippen molar-refractivity contribution in [3.05, 3.63) is 47.4 Å². The van der Waals surface area contributed by atoms with Crippen molar-refractivity contribution in [2.45, 2.75) is 57.0 Å². The SMILES string of the molecule is O=C(O)N1CC2CC(CCc3nc(-c4ccc(F)cc4)c(-c4ccnc(NC5CC5)n4)s3)CC1C2. The molecule has 182 valence electrons. The van der Waals surface area contributed by atoms with Crippen LogP contribution >= 0.6 is 11.3 Å². The highest BCUT2D eigenvalue weighted by Crippen LogP contribution is 2.42. The van der Waals surface area contributed by atoms with Crippen molar-refractivity contribution in [3.8, 4) is 21.8 Å². The molecule has 3 aromatic rings. The van der Waals surface area contributed by atoms with Crippen LogP contribution in [0.25, 0.3) is 21.8 Å². The number of rotatable bonds is 7. The molecule has 2 aliphatic carbocycles. The molecule has 7 nitrogen and oxygen atoms in total. The first-order chi connectivity index (χ1) is 17.0. The number of aromatic nitrogens is 3. The number of hydrogen-bond donors (Lipinski definition) is 2. The normalized spacial score (nSPS) is 23.5. The second-order valence-corrected chi connectivity index (χ2v) is 11.1. The summed E-state index contributed by atoms with van der Waals surface area (Å²) in [4.78, 5) is 28.2. The Morgan fingerprint density at radius 1 is 1.14 bits per heavy atom. The van der Waals surface area contributed by atoms with Crippen molar-refractivity contribution < 1.29 is 14.3 Å². The average Bonchev–Trinajstić information content (AvgIpc) is 3.47. The molecule has 3 fully saturated rings. The van der Waals surface area contributed by atoms with Crippen LogP contribution in [0.2, 0.25) is 0 Å². The molecule has 0 radical (unpaired) electrons. The van der Waals surface area contributed by atoms with Crippen LogP contribution in [0.3, 0.4) is 0 Å². The highest BCUT2D eigenvalue weighted by molar-refractivity contribution is 7.15. The Kier molecular flexibility index (Phi) is 5.88. The fourth-order valence-corrected chi connectivity index (χ4v) is 6.64. The molecular formula is C26H28FN5O2S. The second kappa shape index (κ2) is 9.18. The fraction of sp³-hybridized carbons (Fsp3) is 0.462. The number of nitrogens with zero attached hydrogens (tertiary/aromatic N) is 4. The predicted molar refractivity (Wildman–Crippen MR) is 133 cm³/mol. The van der Waals surface area contributed by atoms with Crippen LogP contribution in [0.5, 0.6) is 0 Å². The number of likely N-dealkylation sites (tertiary alicyclic amines) is 1. The van der Waals surface area contributed by atoms with Crippen LogP contribution < -0.4 is 5.32 Å². The number of thiazole rings is 1. The van der Waals surface area contributed by atoms with E-state index < -0.39 is 6.09 Å².